The molecule has 7 heteroatoms. The first-order valence-electron chi connectivity index (χ1n) is 9.21. The Morgan fingerprint density at radius 2 is 1.75 bits per heavy atom. The fourth-order valence-electron chi connectivity index (χ4n) is 3.63. The van der Waals surface area contributed by atoms with Crippen LogP contribution >= 0.6 is 0 Å². The maximum atomic E-state index is 13.9. The molecule has 4 rings (SSSR count). The third-order valence-electron chi connectivity index (χ3n) is 5.22. The van der Waals surface area contributed by atoms with Gasteiger partial charge in [0.15, 0.2) is 0 Å². The molecule has 1 saturated heterocycles. The molecule has 1 aliphatic heterocycles. The largest absolute Gasteiger partial charge is 0.349 e. The fraction of sp³-hybridized carbons (Fsp3) is 0.286. The molecule has 28 heavy (non-hydrogen) atoms. The normalized spacial score (nSPS) is 14.5. The van der Waals surface area contributed by atoms with Crippen LogP contribution in [0.1, 0.15) is 17.3 Å². The third kappa shape index (κ3) is 3.24. The van der Waals surface area contributed by atoms with E-state index >= 15 is 0 Å². The maximum Gasteiger partial charge on any atom is 0.254 e. The number of halogens is 1. The molecule has 3 aromatic rings. The molecule has 144 valence electrons. The number of aromatic nitrogens is 2. The molecule has 1 fully saturated rings. The number of hydrogen-bond donors (Lipinski definition) is 0. The minimum Gasteiger partial charge on any atom is -0.349 e. The van der Waals surface area contributed by atoms with Gasteiger partial charge in [0.1, 0.15) is 5.82 Å². The van der Waals surface area contributed by atoms with Crippen molar-refractivity contribution in [3.05, 3.63) is 54.0 Å². The molecule has 0 atom stereocenters. The van der Waals surface area contributed by atoms with E-state index in [0.29, 0.717) is 48.3 Å². The first kappa shape index (κ1) is 18.2. The minimum atomic E-state index is -0.406. The zero-order chi connectivity index (χ0) is 19.8. The van der Waals surface area contributed by atoms with E-state index in [1.165, 1.54) is 19.1 Å². The van der Waals surface area contributed by atoms with Crippen LogP contribution < -0.4 is 0 Å². The van der Waals surface area contributed by atoms with Gasteiger partial charge in [-0.25, -0.2) is 9.37 Å². The van der Waals surface area contributed by atoms with Crippen molar-refractivity contribution in [2.75, 3.05) is 26.2 Å². The van der Waals surface area contributed by atoms with Crippen molar-refractivity contribution in [2.24, 2.45) is 7.05 Å². The van der Waals surface area contributed by atoms with E-state index in [1.54, 1.807) is 21.9 Å². The standard InChI is InChI=1S/C21H21FN4O2/c1-14(27)25-8-10-26(11-9-25)21(28)17-13-19(20-4-3-7-24(20)2)23-18-6-5-15(22)12-16(17)18/h3-7,12-13H,8-11H2,1-2H3. The number of hydrogen-bond acceptors (Lipinski definition) is 3. The van der Waals surface area contributed by atoms with Crippen molar-refractivity contribution >= 4 is 22.7 Å². The van der Waals surface area contributed by atoms with Crippen molar-refractivity contribution < 1.29 is 14.0 Å². The van der Waals surface area contributed by atoms with Crippen LogP contribution in [0.4, 0.5) is 4.39 Å². The van der Waals surface area contributed by atoms with Gasteiger partial charge in [0.2, 0.25) is 5.91 Å². The van der Waals surface area contributed by atoms with Gasteiger partial charge in [0.25, 0.3) is 5.91 Å². The Kier molecular flexibility index (Phi) is 4.58. The lowest BCUT2D eigenvalue weighted by Crippen LogP contribution is -2.50. The highest BCUT2D eigenvalue weighted by molar-refractivity contribution is 6.07. The van der Waals surface area contributed by atoms with Gasteiger partial charge in [0, 0.05) is 51.7 Å². The molecule has 2 aromatic heterocycles. The predicted molar refractivity (Wildman–Crippen MR) is 104 cm³/mol. The number of carbonyl (C=O) groups excluding carboxylic acids is 2. The number of piperazine rings is 1. The summed E-state index contributed by atoms with van der Waals surface area (Å²) in [5.41, 5.74) is 2.54. The summed E-state index contributed by atoms with van der Waals surface area (Å²) in [6.07, 6.45) is 1.91. The van der Waals surface area contributed by atoms with E-state index in [4.69, 9.17) is 0 Å². The van der Waals surface area contributed by atoms with Gasteiger partial charge in [-0.1, -0.05) is 0 Å². The summed E-state index contributed by atoms with van der Waals surface area (Å²) in [5, 5.41) is 0.497. The maximum absolute atomic E-state index is 13.9. The molecule has 1 aliphatic rings. The average molecular weight is 380 g/mol. The lowest BCUT2D eigenvalue weighted by atomic mass is 10.0. The summed E-state index contributed by atoms with van der Waals surface area (Å²) in [7, 11) is 1.91. The van der Waals surface area contributed by atoms with Crippen molar-refractivity contribution in [1.82, 2.24) is 19.4 Å². The molecular formula is C21H21FN4O2. The average Bonchev–Trinajstić information content (AvgIpc) is 3.12. The first-order valence-corrected chi connectivity index (χ1v) is 9.21. The van der Waals surface area contributed by atoms with E-state index in [9.17, 15) is 14.0 Å². The minimum absolute atomic E-state index is 0.00882. The molecule has 6 nitrogen and oxygen atoms in total. The van der Waals surface area contributed by atoms with Gasteiger partial charge in [0.05, 0.1) is 22.5 Å². The SMILES string of the molecule is CC(=O)N1CCN(C(=O)c2cc(-c3cccn3C)nc3ccc(F)cc23)CC1. The van der Waals surface area contributed by atoms with E-state index < -0.39 is 5.82 Å². The molecular weight excluding hydrogens is 359 g/mol. The van der Waals surface area contributed by atoms with Gasteiger partial charge in [-0.05, 0) is 36.4 Å². The van der Waals surface area contributed by atoms with Crippen LogP contribution in [-0.2, 0) is 11.8 Å². The molecule has 1 aromatic carbocycles. The molecule has 0 bridgehead atoms. The van der Waals surface area contributed by atoms with Gasteiger partial charge < -0.3 is 14.4 Å². The Morgan fingerprint density at radius 1 is 1.04 bits per heavy atom. The third-order valence-corrected chi connectivity index (χ3v) is 5.22. The van der Waals surface area contributed by atoms with Crippen LogP contribution in [0.5, 0.6) is 0 Å². The quantitative estimate of drug-likeness (QED) is 0.687. The molecule has 0 aliphatic carbocycles. The number of aryl methyl sites for hydroxylation is 1. The summed E-state index contributed by atoms with van der Waals surface area (Å²) in [5.74, 6) is -0.567. The molecule has 0 N–H and O–H groups in total. The first-order chi connectivity index (χ1) is 13.4. The highest BCUT2D eigenvalue weighted by Gasteiger charge is 2.25. The second-order valence-corrected chi connectivity index (χ2v) is 7.02. The number of amides is 2. The van der Waals surface area contributed by atoms with Crippen molar-refractivity contribution in [3.63, 3.8) is 0 Å². The van der Waals surface area contributed by atoms with Gasteiger partial charge in [-0.15, -0.1) is 0 Å². The Balaban J connectivity index is 1.76. The smallest absolute Gasteiger partial charge is 0.254 e. The highest BCUT2D eigenvalue weighted by atomic mass is 19.1. The fourth-order valence-corrected chi connectivity index (χ4v) is 3.63. The van der Waals surface area contributed by atoms with Crippen LogP contribution in [-0.4, -0.2) is 57.3 Å². The second-order valence-electron chi connectivity index (χ2n) is 7.02. The lowest BCUT2D eigenvalue weighted by molar-refractivity contribution is -0.130. The molecule has 2 amide bonds. The Morgan fingerprint density at radius 3 is 2.39 bits per heavy atom. The molecule has 0 radical (unpaired) electrons. The number of rotatable bonds is 2. The second kappa shape index (κ2) is 7.07. The highest BCUT2D eigenvalue weighted by Crippen LogP contribution is 2.27. The van der Waals surface area contributed by atoms with Gasteiger partial charge in [-0.2, -0.15) is 0 Å². The van der Waals surface area contributed by atoms with Crippen molar-refractivity contribution in [3.8, 4) is 11.4 Å². The number of pyridine rings is 1. The molecule has 0 saturated carbocycles. The topological polar surface area (TPSA) is 58.4 Å². The van der Waals surface area contributed by atoms with E-state index in [2.05, 4.69) is 4.98 Å². The van der Waals surface area contributed by atoms with Crippen LogP contribution in [0.2, 0.25) is 0 Å². The van der Waals surface area contributed by atoms with Crippen molar-refractivity contribution in [2.45, 2.75) is 6.92 Å². The zero-order valence-electron chi connectivity index (χ0n) is 15.9. The van der Waals surface area contributed by atoms with Gasteiger partial charge >= 0.3 is 0 Å². The Hall–Kier alpha value is -3.22. The Labute approximate surface area is 162 Å². The van der Waals surface area contributed by atoms with Crippen LogP contribution in [0.25, 0.3) is 22.3 Å². The summed E-state index contributed by atoms with van der Waals surface area (Å²) in [6, 6.07) is 9.88. The van der Waals surface area contributed by atoms with Crippen LogP contribution in [0, 0.1) is 5.82 Å². The van der Waals surface area contributed by atoms with Crippen LogP contribution in [0.3, 0.4) is 0 Å². The Bertz CT molecular complexity index is 1070. The summed E-state index contributed by atoms with van der Waals surface area (Å²) in [4.78, 5) is 32.9. The molecule has 0 spiro atoms. The van der Waals surface area contributed by atoms with Crippen LogP contribution in [0.15, 0.2) is 42.6 Å². The number of carbonyl (C=O) groups is 2. The number of benzene rings is 1. The van der Waals surface area contributed by atoms with E-state index in [1.807, 2.05) is 29.9 Å². The number of nitrogens with zero attached hydrogens (tertiary/aromatic N) is 4. The molecule has 0 unspecified atom stereocenters. The van der Waals surface area contributed by atoms with E-state index in [0.717, 1.165) is 5.69 Å². The monoisotopic (exact) mass is 380 g/mol. The molecule has 3 heterocycles. The lowest BCUT2D eigenvalue weighted by Gasteiger charge is -2.34. The number of fused-ring (bicyclic) bond motifs is 1. The summed E-state index contributed by atoms with van der Waals surface area (Å²) < 4.78 is 15.8. The van der Waals surface area contributed by atoms with E-state index in [-0.39, 0.29) is 11.8 Å². The van der Waals surface area contributed by atoms with Crippen molar-refractivity contribution in [1.29, 1.82) is 0 Å². The predicted octanol–water partition coefficient (Wildman–Crippen LogP) is 2.68. The van der Waals surface area contributed by atoms with Gasteiger partial charge in [-0.3, -0.25) is 9.59 Å². The summed E-state index contributed by atoms with van der Waals surface area (Å²) >= 11 is 0. The summed E-state index contributed by atoms with van der Waals surface area (Å²) in [6.45, 7) is 3.45. The zero-order valence-corrected chi connectivity index (χ0v) is 15.9.